The highest BCUT2D eigenvalue weighted by Gasteiger charge is 2.19. The third kappa shape index (κ3) is 3.49. The Labute approximate surface area is 131 Å². The molecule has 1 aliphatic carbocycles. The lowest BCUT2D eigenvalue weighted by molar-refractivity contribution is -0.122. The lowest BCUT2D eigenvalue weighted by Gasteiger charge is -2.15. The fraction of sp³-hybridized carbons (Fsp3) is 0.556. The van der Waals surface area contributed by atoms with Gasteiger partial charge in [0.15, 0.2) is 0 Å². The molecule has 0 bridgehead atoms. The van der Waals surface area contributed by atoms with E-state index in [4.69, 9.17) is 0 Å². The third-order valence-corrected chi connectivity index (χ3v) is 4.74. The molecule has 2 N–H and O–H groups in total. The van der Waals surface area contributed by atoms with Crippen molar-refractivity contribution >= 4 is 16.9 Å². The van der Waals surface area contributed by atoms with Gasteiger partial charge in [0.25, 0.3) is 0 Å². The fourth-order valence-electron chi connectivity index (χ4n) is 3.40. The van der Waals surface area contributed by atoms with Crippen LogP contribution in [0.2, 0.25) is 0 Å². The topological polar surface area (TPSA) is 57.8 Å². The van der Waals surface area contributed by atoms with Gasteiger partial charge in [-0.05, 0) is 30.9 Å². The standard InChI is InChI=1S/C18H25N3O/c1-2-14(18-20-15-9-5-6-10-16(15)21-18)19-17(22)12-11-13-7-3-4-8-13/h5-6,9-10,13-14H,2-4,7-8,11-12H2,1H3,(H,19,22)(H,20,21). The van der Waals surface area contributed by atoms with Gasteiger partial charge in [-0.2, -0.15) is 0 Å². The van der Waals surface area contributed by atoms with Crippen molar-refractivity contribution in [2.75, 3.05) is 0 Å². The number of fused-ring (bicyclic) bond motifs is 1. The molecule has 22 heavy (non-hydrogen) atoms. The number of hydrogen-bond acceptors (Lipinski definition) is 2. The van der Waals surface area contributed by atoms with E-state index in [1.54, 1.807) is 0 Å². The number of rotatable bonds is 6. The number of nitrogens with zero attached hydrogens (tertiary/aromatic N) is 1. The average molecular weight is 299 g/mol. The Balaban J connectivity index is 1.59. The van der Waals surface area contributed by atoms with E-state index in [-0.39, 0.29) is 11.9 Å². The van der Waals surface area contributed by atoms with Crippen LogP contribution < -0.4 is 5.32 Å². The minimum absolute atomic E-state index is 0.0246. The summed E-state index contributed by atoms with van der Waals surface area (Å²) in [6.45, 7) is 2.08. The molecule has 3 rings (SSSR count). The van der Waals surface area contributed by atoms with E-state index in [9.17, 15) is 4.79 Å². The maximum atomic E-state index is 12.2. The van der Waals surface area contributed by atoms with Crippen molar-refractivity contribution in [3.63, 3.8) is 0 Å². The Bertz CT molecular complexity index is 595. The van der Waals surface area contributed by atoms with E-state index in [0.717, 1.165) is 35.6 Å². The predicted molar refractivity (Wildman–Crippen MR) is 88.5 cm³/mol. The third-order valence-electron chi connectivity index (χ3n) is 4.74. The van der Waals surface area contributed by atoms with Crippen molar-refractivity contribution in [1.82, 2.24) is 15.3 Å². The number of nitrogens with one attached hydrogen (secondary N) is 2. The number of H-pyrrole nitrogens is 1. The van der Waals surface area contributed by atoms with Gasteiger partial charge < -0.3 is 10.3 Å². The lowest BCUT2D eigenvalue weighted by atomic mass is 10.0. The van der Waals surface area contributed by atoms with E-state index in [2.05, 4.69) is 22.2 Å². The number of hydrogen-bond donors (Lipinski definition) is 2. The summed E-state index contributed by atoms with van der Waals surface area (Å²) in [5, 5.41) is 3.14. The smallest absolute Gasteiger partial charge is 0.220 e. The summed E-state index contributed by atoms with van der Waals surface area (Å²) < 4.78 is 0. The maximum Gasteiger partial charge on any atom is 0.220 e. The molecule has 1 atom stereocenters. The van der Waals surface area contributed by atoms with Gasteiger partial charge in [0.1, 0.15) is 5.82 Å². The highest BCUT2D eigenvalue weighted by atomic mass is 16.1. The molecule has 1 aliphatic rings. The molecule has 1 aromatic carbocycles. The molecule has 0 radical (unpaired) electrons. The minimum atomic E-state index is -0.0246. The van der Waals surface area contributed by atoms with Gasteiger partial charge >= 0.3 is 0 Å². The molecule has 0 aliphatic heterocycles. The number of aromatic nitrogens is 2. The SMILES string of the molecule is CCC(NC(=O)CCC1CCCC1)c1nc2ccccc2[nH]1. The summed E-state index contributed by atoms with van der Waals surface area (Å²) in [6, 6.07) is 7.95. The fourth-order valence-corrected chi connectivity index (χ4v) is 3.40. The van der Waals surface area contributed by atoms with Crippen molar-refractivity contribution in [2.45, 2.75) is 57.9 Å². The van der Waals surface area contributed by atoms with E-state index in [1.165, 1.54) is 25.7 Å². The molecule has 1 saturated carbocycles. The zero-order valence-electron chi connectivity index (χ0n) is 13.3. The molecule has 118 valence electrons. The molecule has 0 saturated heterocycles. The molecule has 0 spiro atoms. The van der Waals surface area contributed by atoms with Gasteiger partial charge in [0, 0.05) is 6.42 Å². The molecule has 1 amide bonds. The predicted octanol–water partition coefficient (Wildman–Crippen LogP) is 4.10. The van der Waals surface area contributed by atoms with Gasteiger partial charge in [-0.25, -0.2) is 4.98 Å². The monoisotopic (exact) mass is 299 g/mol. The summed E-state index contributed by atoms with van der Waals surface area (Å²) in [5.41, 5.74) is 1.98. The first kappa shape index (κ1) is 15.1. The van der Waals surface area contributed by atoms with Crippen LogP contribution in [0.15, 0.2) is 24.3 Å². The second-order valence-electron chi connectivity index (χ2n) is 6.36. The van der Waals surface area contributed by atoms with Crippen LogP contribution in [0.5, 0.6) is 0 Å². The maximum absolute atomic E-state index is 12.2. The Hall–Kier alpha value is -1.84. The van der Waals surface area contributed by atoms with Crippen molar-refractivity contribution < 1.29 is 4.79 Å². The van der Waals surface area contributed by atoms with Crippen LogP contribution in [-0.2, 0) is 4.79 Å². The van der Waals surface area contributed by atoms with Crippen LogP contribution in [0.4, 0.5) is 0 Å². The first-order chi connectivity index (χ1) is 10.8. The summed E-state index contributed by atoms with van der Waals surface area (Å²) in [7, 11) is 0. The van der Waals surface area contributed by atoms with E-state index < -0.39 is 0 Å². The Morgan fingerprint density at radius 1 is 1.36 bits per heavy atom. The number of imidazole rings is 1. The molecule has 1 fully saturated rings. The van der Waals surface area contributed by atoms with Crippen LogP contribution in [0.25, 0.3) is 11.0 Å². The largest absolute Gasteiger partial charge is 0.346 e. The Morgan fingerprint density at radius 3 is 2.86 bits per heavy atom. The van der Waals surface area contributed by atoms with Crippen LogP contribution >= 0.6 is 0 Å². The number of aromatic amines is 1. The van der Waals surface area contributed by atoms with Crippen molar-refractivity contribution in [3.05, 3.63) is 30.1 Å². The van der Waals surface area contributed by atoms with Gasteiger partial charge in [0.05, 0.1) is 17.1 Å². The number of carbonyl (C=O) groups excluding carboxylic acids is 1. The van der Waals surface area contributed by atoms with Crippen molar-refractivity contribution in [3.8, 4) is 0 Å². The van der Waals surface area contributed by atoms with E-state index in [0.29, 0.717) is 6.42 Å². The van der Waals surface area contributed by atoms with E-state index >= 15 is 0 Å². The Morgan fingerprint density at radius 2 is 2.14 bits per heavy atom. The first-order valence-electron chi connectivity index (χ1n) is 8.50. The number of benzene rings is 1. The molecule has 1 aromatic heterocycles. The molecule has 4 heteroatoms. The Kier molecular flexibility index (Phi) is 4.76. The zero-order valence-corrected chi connectivity index (χ0v) is 13.3. The summed E-state index contributed by atoms with van der Waals surface area (Å²) >= 11 is 0. The summed E-state index contributed by atoms with van der Waals surface area (Å²) in [4.78, 5) is 20.1. The molecule has 2 aromatic rings. The lowest BCUT2D eigenvalue weighted by Crippen LogP contribution is -2.29. The van der Waals surface area contributed by atoms with Crippen LogP contribution in [0.1, 0.15) is 63.7 Å². The summed E-state index contributed by atoms with van der Waals surface area (Å²) in [6.07, 6.45) is 7.78. The number of amides is 1. The quantitative estimate of drug-likeness (QED) is 0.843. The van der Waals surface area contributed by atoms with Crippen molar-refractivity contribution in [2.24, 2.45) is 5.92 Å². The molecule has 1 heterocycles. The summed E-state index contributed by atoms with van der Waals surface area (Å²) in [5.74, 6) is 1.77. The normalized spacial score (nSPS) is 17.0. The van der Waals surface area contributed by atoms with Gasteiger partial charge in [-0.1, -0.05) is 44.7 Å². The second-order valence-corrected chi connectivity index (χ2v) is 6.36. The molecular weight excluding hydrogens is 274 g/mol. The zero-order chi connectivity index (χ0) is 15.4. The van der Waals surface area contributed by atoms with Gasteiger partial charge in [0.2, 0.25) is 5.91 Å². The van der Waals surface area contributed by atoms with Gasteiger partial charge in [-0.15, -0.1) is 0 Å². The van der Waals surface area contributed by atoms with Crippen LogP contribution in [0.3, 0.4) is 0 Å². The molecule has 1 unspecified atom stereocenters. The van der Waals surface area contributed by atoms with Crippen LogP contribution in [0, 0.1) is 5.92 Å². The molecule has 4 nitrogen and oxygen atoms in total. The van der Waals surface area contributed by atoms with Crippen molar-refractivity contribution in [1.29, 1.82) is 0 Å². The second kappa shape index (κ2) is 6.95. The van der Waals surface area contributed by atoms with Crippen LogP contribution in [-0.4, -0.2) is 15.9 Å². The first-order valence-corrected chi connectivity index (χ1v) is 8.50. The molecular formula is C18H25N3O. The van der Waals surface area contributed by atoms with E-state index in [1.807, 2.05) is 24.3 Å². The highest BCUT2D eigenvalue weighted by molar-refractivity contribution is 5.77. The number of carbonyl (C=O) groups is 1. The minimum Gasteiger partial charge on any atom is -0.346 e. The average Bonchev–Trinajstić information content (AvgIpc) is 3.19. The van der Waals surface area contributed by atoms with Gasteiger partial charge in [-0.3, -0.25) is 4.79 Å². The highest BCUT2D eigenvalue weighted by Crippen LogP contribution is 2.28. The number of para-hydroxylation sites is 2.